The van der Waals surface area contributed by atoms with Crippen molar-refractivity contribution in [2.24, 2.45) is 4.99 Å². The minimum Gasteiger partial charge on any atom is -0.469 e. The quantitative estimate of drug-likeness (QED) is 0.393. The van der Waals surface area contributed by atoms with E-state index in [0.29, 0.717) is 25.7 Å². The summed E-state index contributed by atoms with van der Waals surface area (Å²) < 4.78 is 10.6. The molecule has 0 spiro atoms. The van der Waals surface area contributed by atoms with Gasteiger partial charge in [-0.15, -0.1) is 0 Å². The van der Waals surface area contributed by atoms with E-state index in [1.165, 1.54) is 25.7 Å². The summed E-state index contributed by atoms with van der Waals surface area (Å²) >= 11 is 0. The van der Waals surface area contributed by atoms with Crippen molar-refractivity contribution >= 4 is 12.1 Å². The van der Waals surface area contributed by atoms with Crippen molar-refractivity contribution in [3.8, 4) is 0 Å². The number of alkyl carbamates (subject to hydrolysis) is 1. The molecule has 1 fully saturated rings. The Bertz CT molecular complexity index is 558. The maximum absolute atomic E-state index is 11.7. The van der Waals surface area contributed by atoms with Crippen LogP contribution < -0.4 is 16.0 Å². The molecule has 7 nitrogen and oxygen atoms in total. The molecule has 1 heterocycles. The Morgan fingerprint density at radius 1 is 1.27 bits per heavy atom. The number of nitrogens with one attached hydrogen (secondary N) is 3. The molecular weight excluding hydrogens is 332 g/mol. The first-order chi connectivity index (χ1) is 12.4. The van der Waals surface area contributed by atoms with Gasteiger partial charge in [0.1, 0.15) is 11.4 Å². The molecule has 1 amide bonds. The van der Waals surface area contributed by atoms with E-state index >= 15 is 0 Å². The highest BCUT2D eigenvalue weighted by Gasteiger charge is 2.17. The number of nitrogens with zero attached hydrogens (tertiary/aromatic N) is 1. The van der Waals surface area contributed by atoms with Gasteiger partial charge in [0.25, 0.3) is 0 Å². The van der Waals surface area contributed by atoms with Gasteiger partial charge >= 0.3 is 6.09 Å². The summed E-state index contributed by atoms with van der Waals surface area (Å²) in [5, 5.41) is 9.51. The van der Waals surface area contributed by atoms with Gasteiger partial charge in [0.05, 0.1) is 6.26 Å². The lowest BCUT2D eigenvalue weighted by molar-refractivity contribution is 0.0529. The molecule has 0 unspecified atom stereocenters. The van der Waals surface area contributed by atoms with Gasteiger partial charge in [-0.05, 0) is 45.7 Å². The number of furan rings is 1. The predicted molar refractivity (Wildman–Crippen MR) is 102 cm³/mol. The normalized spacial score (nSPS) is 15.7. The fraction of sp³-hybridized carbons (Fsp3) is 0.684. The monoisotopic (exact) mass is 364 g/mol. The van der Waals surface area contributed by atoms with E-state index in [2.05, 4.69) is 20.9 Å². The molecule has 0 radical (unpaired) electrons. The number of ether oxygens (including phenoxy) is 1. The van der Waals surface area contributed by atoms with Crippen molar-refractivity contribution in [3.05, 3.63) is 24.2 Å². The molecule has 0 aliphatic heterocycles. The minimum absolute atomic E-state index is 0.403. The second-order valence-corrected chi connectivity index (χ2v) is 7.54. The number of amides is 1. The summed E-state index contributed by atoms with van der Waals surface area (Å²) in [6.07, 6.45) is 6.91. The number of rotatable bonds is 7. The summed E-state index contributed by atoms with van der Waals surface area (Å²) in [4.78, 5) is 16.3. The van der Waals surface area contributed by atoms with Crippen LogP contribution in [0.2, 0.25) is 0 Å². The second kappa shape index (κ2) is 10.1. The van der Waals surface area contributed by atoms with E-state index in [1.54, 1.807) is 6.26 Å². The van der Waals surface area contributed by atoms with E-state index in [1.807, 2.05) is 32.9 Å². The fourth-order valence-corrected chi connectivity index (χ4v) is 2.81. The molecule has 0 aromatic carbocycles. The standard InChI is InChI=1S/C19H32N4O3/c1-19(2,3)26-18(24)22-13-12-21-17(23-15-7-4-5-8-15)20-11-10-16-9-6-14-25-16/h6,9,14-15H,4-5,7-8,10-13H2,1-3H3,(H,22,24)(H2,20,21,23). The average Bonchev–Trinajstić information content (AvgIpc) is 3.23. The van der Waals surface area contributed by atoms with Crippen molar-refractivity contribution in [2.45, 2.75) is 64.5 Å². The average molecular weight is 364 g/mol. The summed E-state index contributed by atoms with van der Waals surface area (Å²) in [5.74, 6) is 1.72. The van der Waals surface area contributed by atoms with Gasteiger partial charge in [-0.1, -0.05) is 12.8 Å². The molecule has 0 saturated heterocycles. The number of guanidine groups is 1. The highest BCUT2D eigenvalue weighted by atomic mass is 16.6. The van der Waals surface area contributed by atoms with Crippen LogP contribution >= 0.6 is 0 Å². The molecule has 1 aliphatic rings. The van der Waals surface area contributed by atoms with Gasteiger partial charge in [-0.25, -0.2) is 4.79 Å². The molecule has 26 heavy (non-hydrogen) atoms. The second-order valence-electron chi connectivity index (χ2n) is 7.54. The van der Waals surface area contributed by atoms with Crippen LogP contribution in [-0.2, 0) is 11.2 Å². The zero-order valence-electron chi connectivity index (χ0n) is 16.1. The van der Waals surface area contributed by atoms with Gasteiger partial charge < -0.3 is 25.1 Å². The Kier molecular flexibility index (Phi) is 7.81. The van der Waals surface area contributed by atoms with Crippen LogP contribution in [0.1, 0.15) is 52.2 Å². The fourth-order valence-electron chi connectivity index (χ4n) is 2.81. The van der Waals surface area contributed by atoms with Gasteiger partial charge in [0.15, 0.2) is 5.96 Å². The van der Waals surface area contributed by atoms with Crippen LogP contribution in [0, 0.1) is 0 Å². The molecule has 3 N–H and O–H groups in total. The Labute approximate surface area is 156 Å². The van der Waals surface area contributed by atoms with E-state index in [0.717, 1.165) is 18.1 Å². The highest BCUT2D eigenvalue weighted by Crippen LogP contribution is 2.17. The van der Waals surface area contributed by atoms with Gasteiger partial charge in [0.2, 0.25) is 0 Å². The Morgan fingerprint density at radius 2 is 2.00 bits per heavy atom. The number of carbonyl (C=O) groups excluding carboxylic acids is 1. The molecule has 0 atom stereocenters. The van der Waals surface area contributed by atoms with Gasteiger partial charge in [-0.2, -0.15) is 0 Å². The van der Waals surface area contributed by atoms with E-state index < -0.39 is 11.7 Å². The third-order valence-corrected chi connectivity index (χ3v) is 3.99. The van der Waals surface area contributed by atoms with Crippen molar-refractivity contribution in [1.29, 1.82) is 0 Å². The molecule has 2 rings (SSSR count). The summed E-state index contributed by atoms with van der Waals surface area (Å²) in [6, 6.07) is 4.32. The molecule has 1 aliphatic carbocycles. The van der Waals surface area contributed by atoms with E-state index in [4.69, 9.17) is 9.15 Å². The SMILES string of the molecule is CC(C)(C)OC(=O)NCCNC(=NCCc1ccco1)NC1CCCC1. The number of hydrogen-bond acceptors (Lipinski definition) is 4. The lowest BCUT2D eigenvalue weighted by atomic mass is 10.2. The van der Waals surface area contributed by atoms with Crippen LogP contribution in [0.25, 0.3) is 0 Å². The lowest BCUT2D eigenvalue weighted by Gasteiger charge is -2.20. The topological polar surface area (TPSA) is 87.9 Å². The smallest absolute Gasteiger partial charge is 0.407 e. The van der Waals surface area contributed by atoms with Crippen LogP contribution in [-0.4, -0.2) is 43.3 Å². The summed E-state index contributed by atoms with van der Waals surface area (Å²) in [7, 11) is 0. The summed E-state index contributed by atoms with van der Waals surface area (Å²) in [5.41, 5.74) is -0.486. The van der Waals surface area contributed by atoms with Crippen LogP contribution in [0.3, 0.4) is 0 Å². The lowest BCUT2D eigenvalue weighted by Crippen LogP contribution is -2.45. The summed E-state index contributed by atoms with van der Waals surface area (Å²) in [6.45, 7) is 7.24. The first kappa shape index (κ1) is 20.1. The molecule has 146 valence electrons. The molecule has 0 bridgehead atoms. The highest BCUT2D eigenvalue weighted by molar-refractivity contribution is 5.80. The number of carbonyl (C=O) groups is 1. The van der Waals surface area contributed by atoms with Gasteiger partial charge in [0, 0.05) is 32.1 Å². The van der Waals surface area contributed by atoms with Crippen LogP contribution in [0.15, 0.2) is 27.8 Å². The largest absolute Gasteiger partial charge is 0.469 e. The predicted octanol–water partition coefficient (Wildman–Crippen LogP) is 2.82. The van der Waals surface area contributed by atoms with Crippen LogP contribution in [0.5, 0.6) is 0 Å². The van der Waals surface area contributed by atoms with Crippen molar-refractivity contribution in [2.75, 3.05) is 19.6 Å². The van der Waals surface area contributed by atoms with E-state index in [-0.39, 0.29) is 0 Å². The zero-order valence-corrected chi connectivity index (χ0v) is 16.1. The maximum Gasteiger partial charge on any atom is 0.407 e. The third-order valence-electron chi connectivity index (χ3n) is 3.99. The minimum atomic E-state index is -0.486. The third kappa shape index (κ3) is 8.27. The van der Waals surface area contributed by atoms with Crippen molar-refractivity contribution < 1.29 is 13.9 Å². The first-order valence-corrected chi connectivity index (χ1v) is 9.46. The maximum atomic E-state index is 11.7. The Hall–Kier alpha value is -2.18. The van der Waals surface area contributed by atoms with Crippen molar-refractivity contribution in [1.82, 2.24) is 16.0 Å². The Balaban J connectivity index is 1.74. The molecule has 1 saturated carbocycles. The first-order valence-electron chi connectivity index (χ1n) is 9.46. The van der Waals surface area contributed by atoms with Gasteiger partial charge in [-0.3, -0.25) is 4.99 Å². The number of hydrogen-bond donors (Lipinski definition) is 3. The molecular formula is C19H32N4O3. The number of aliphatic imine (C=N–C) groups is 1. The Morgan fingerprint density at radius 3 is 2.65 bits per heavy atom. The molecule has 1 aromatic rings. The molecule has 7 heteroatoms. The van der Waals surface area contributed by atoms with Crippen molar-refractivity contribution in [3.63, 3.8) is 0 Å². The van der Waals surface area contributed by atoms with Crippen LogP contribution in [0.4, 0.5) is 4.79 Å². The van der Waals surface area contributed by atoms with E-state index in [9.17, 15) is 4.79 Å². The molecule has 1 aromatic heterocycles. The zero-order chi connectivity index (χ0) is 18.8.